The van der Waals surface area contributed by atoms with E-state index in [9.17, 15) is 4.79 Å². The standard InChI is InChI=1S/C15H18N4O3/c1-10(2)22-12-6-4-11(5-7-12)16-13-8-9-14(19-18-13)17-15(20)21-3/h4-10H,1-3H3,(H,16,18)(H,17,19,20). The smallest absolute Gasteiger partial charge is 0.412 e. The molecule has 0 aliphatic rings. The summed E-state index contributed by atoms with van der Waals surface area (Å²) in [5, 5.41) is 13.4. The molecule has 0 radical (unpaired) electrons. The van der Waals surface area contributed by atoms with E-state index in [1.807, 2.05) is 38.1 Å². The van der Waals surface area contributed by atoms with Crippen LogP contribution in [0.25, 0.3) is 0 Å². The Kier molecular flexibility index (Phi) is 5.13. The number of hydrogen-bond acceptors (Lipinski definition) is 6. The van der Waals surface area contributed by atoms with Crippen molar-refractivity contribution in [3.8, 4) is 5.75 Å². The molecule has 0 saturated carbocycles. The Labute approximate surface area is 128 Å². The molecule has 116 valence electrons. The van der Waals surface area contributed by atoms with Crippen LogP contribution in [0.5, 0.6) is 5.75 Å². The van der Waals surface area contributed by atoms with Crippen LogP contribution in [0.3, 0.4) is 0 Å². The van der Waals surface area contributed by atoms with Crippen LogP contribution in [0, 0.1) is 0 Å². The topological polar surface area (TPSA) is 85.4 Å². The first-order chi connectivity index (χ1) is 10.6. The van der Waals surface area contributed by atoms with Crippen molar-refractivity contribution in [1.82, 2.24) is 10.2 Å². The third kappa shape index (κ3) is 4.62. The molecule has 0 saturated heterocycles. The summed E-state index contributed by atoms with van der Waals surface area (Å²) in [6, 6.07) is 10.9. The van der Waals surface area contributed by atoms with Crippen molar-refractivity contribution < 1.29 is 14.3 Å². The van der Waals surface area contributed by atoms with Gasteiger partial charge in [0, 0.05) is 5.69 Å². The number of hydrogen-bond donors (Lipinski definition) is 2. The molecule has 7 nitrogen and oxygen atoms in total. The number of methoxy groups -OCH3 is 1. The van der Waals surface area contributed by atoms with Crippen LogP contribution in [0.1, 0.15) is 13.8 Å². The van der Waals surface area contributed by atoms with Gasteiger partial charge in [-0.25, -0.2) is 4.79 Å². The summed E-state index contributed by atoms with van der Waals surface area (Å²) in [7, 11) is 1.28. The van der Waals surface area contributed by atoms with E-state index in [1.54, 1.807) is 12.1 Å². The second-order valence-corrected chi connectivity index (χ2v) is 4.74. The zero-order valence-electron chi connectivity index (χ0n) is 12.7. The van der Waals surface area contributed by atoms with E-state index >= 15 is 0 Å². The van der Waals surface area contributed by atoms with Crippen LogP contribution in [-0.2, 0) is 4.74 Å². The van der Waals surface area contributed by atoms with Gasteiger partial charge in [-0.15, -0.1) is 10.2 Å². The fraction of sp³-hybridized carbons (Fsp3) is 0.267. The first-order valence-corrected chi connectivity index (χ1v) is 6.79. The second kappa shape index (κ2) is 7.26. The zero-order chi connectivity index (χ0) is 15.9. The van der Waals surface area contributed by atoms with Crippen molar-refractivity contribution in [2.75, 3.05) is 17.7 Å². The lowest BCUT2D eigenvalue weighted by Gasteiger charge is -2.10. The molecule has 1 aromatic carbocycles. The summed E-state index contributed by atoms with van der Waals surface area (Å²) in [6.07, 6.45) is -0.449. The molecule has 0 aliphatic carbocycles. The summed E-state index contributed by atoms with van der Waals surface area (Å²) in [4.78, 5) is 11.0. The third-order valence-electron chi connectivity index (χ3n) is 2.58. The Balaban J connectivity index is 1.97. The Morgan fingerprint density at radius 1 is 1.05 bits per heavy atom. The van der Waals surface area contributed by atoms with Crippen molar-refractivity contribution in [3.05, 3.63) is 36.4 Å². The van der Waals surface area contributed by atoms with Crippen LogP contribution in [0.2, 0.25) is 0 Å². The number of rotatable bonds is 5. The summed E-state index contributed by atoms with van der Waals surface area (Å²) in [6.45, 7) is 3.96. The van der Waals surface area contributed by atoms with Crippen molar-refractivity contribution in [2.45, 2.75) is 20.0 Å². The summed E-state index contributed by atoms with van der Waals surface area (Å²) < 4.78 is 10.0. The van der Waals surface area contributed by atoms with Crippen LogP contribution in [-0.4, -0.2) is 29.5 Å². The number of carbonyl (C=O) groups is 1. The number of amides is 1. The maximum atomic E-state index is 11.0. The van der Waals surface area contributed by atoms with Crippen molar-refractivity contribution in [2.24, 2.45) is 0 Å². The van der Waals surface area contributed by atoms with Gasteiger partial charge < -0.3 is 14.8 Å². The molecule has 0 spiro atoms. The highest BCUT2D eigenvalue weighted by Gasteiger charge is 2.03. The molecule has 1 amide bonds. The zero-order valence-corrected chi connectivity index (χ0v) is 12.7. The van der Waals surface area contributed by atoms with E-state index in [4.69, 9.17) is 4.74 Å². The molecule has 0 atom stereocenters. The van der Waals surface area contributed by atoms with E-state index in [0.717, 1.165) is 11.4 Å². The SMILES string of the molecule is COC(=O)Nc1ccc(Nc2ccc(OC(C)C)cc2)nn1. The summed E-state index contributed by atoms with van der Waals surface area (Å²) in [5.74, 6) is 1.69. The van der Waals surface area contributed by atoms with Gasteiger partial charge in [0.15, 0.2) is 11.6 Å². The monoisotopic (exact) mass is 302 g/mol. The van der Waals surface area contributed by atoms with Gasteiger partial charge in [-0.05, 0) is 50.2 Å². The molecular formula is C15H18N4O3. The average Bonchev–Trinajstić information content (AvgIpc) is 2.50. The largest absolute Gasteiger partial charge is 0.491 e. The van der Waals surface area contributed by atoms with Gasteiger partial charge in [-0.3, -0.25) is 5.32 Å². The number of nitrogens with zero attached hydrogens (tertiary/aromatic N) is 2. The minimum Gasteiger partial charge on any atom is -0.491 e. The van der Waals surface area contributed by atoms with Gasteiger partial charge >= 0.3 is 6.09 Å². The lowest BCUT2D eigenvalue weighted by atomic mass is 10.3. The minimum absolute atomic E-state index is 0.138. The lowest BCUT2D eigenvalue weighted by Crippen LogP contribution is -2.12. The van der Waals surface area contributed by atoms with Gasteiger partial charge in [0.05, 0.1) is 13.2 Å². The van der Waals surface area contributed by atoms with Gasteiger partial charge in [0.2, 0.25) is 0 Å². The Hall–Kier alpha value is -2.83. The van der Waals surface area contributed by atoms with Gasteiger partial charge in [0.25, 0.3) is 0 Å². The van der Waals surface area contributed by atoms with Gasteiger partial charge in [0.1, 0.15) is 5.75 Å². The molecule has 0 unspecified atom stereocenters. The molecular weight excluding hydrogens is 284 g/mol. The first-order valence-electron chi connectivity index (χ1n) is 6.79. The molecule has 7 heteroatoms. The molecule has 2 N–H and O–H groups in total. The predicted molar refractivity (Wildman–Crippen MR) is 83.5 cm³/mol. The van der Waals surface area contributed by atoms with Crippen LogP contribution in [0.4, 0.5) is 22.1 Å². The number of nitrogens with one attached hydrogen (secondary N) is 2. The molecule has 0 bridgehead atoms. The van der Waals surface area contributed by atoms with Gasteiger partial charge in [-0.2, -0.15) is 0 Å². The second-order valence-electron chi connectivity index (χ2n) is 4.74. The fourth-order valence-electron chi connectivity index (χ4n) is 1.66. The van der Waals surface area contributed by atoms with Crippen molar-refractivity contribution in [3.63, 3.8) is 0 Å². The van der Waals surface area contributed by atoms with E-state index in [0.29, 0.717) is 11.6 Å². The number of ether oxygens (including phenoxy) is 2. The highest BCUT2D eigenvalue weighted by molar-refractivity contribution is 5.83. The van der Waals surface area contributed by atoms with E-state index in [-0.39, 0.29) is 6.10 Å². The molecule has 22 heavy (non-hydrogen) atoms. The summed E-state index contributed by atoms with van der Waals surface area (Å²) in [5.41, 5.74) is 0.860. The van der Waals surface area contributed by atoms with Crippen LogP contribution >= 0.6 is 0 Å². The number of anilines is 3. The Morgan fingerprint density at radius 2 is 1.68 bits per heavy atom. The predicted octanol–water partition coefficient (Wildman–Crippen LogP) is 3.19. The summed E-state index contributed by atoms with van der Waals surface area (Å²) >= 11 is 0. The number of carbonyl (C=O) groups excluding carboxylic acids is 1. The van der Waals surface area contributed by atoms with Crippen molar-refractivity contribution in [1.29, 1.82) is 0 Å². The highest BCUT2D eigenvalue weighted by atomic mass is 16.5. The quantitative estimate of drug-likeness (QED) is 0.882. The van der Waals surface area contributed by atoms with Crippen LogP contribution < -0.4 is 15.4 Å². The van der Waals surface area contributed by atoms with E-state index in [2.05, 4.69) is 25.6 Å². The average molecular weight is 302 g/mol. The number of benzene rings is 1. The minimum atomic E-state index is -0.587. The maximum absolute atomic E-state index is 11.0. The fourth-order valence-corrected chi connectivity index (χ4v) is 1.66. The normalized spacial score (nSPS) is 10.2. The maximum Gasteiger partial charge on any atom is 0.412 e. The molecule has 1 aromatic heterocycles. The van der Waals surface area contributed by atoms with E-state index in [1.165, 1.54) is 7.11 Å². The molecule has 2 aromatic rings. The molecule has 0 aliphatic heterocycles. The molecule has 0 fully saturated rings. The Bertz CT molecular complexity index is 612. The lowest BCUT2D eigenvalue weighted by molar-refractivity contribution is 0.187. The molecule has 2 rings (SSSR count). The van der Waals surface area contributed by atoms with E-state index < -0.39 is 6.09 Å². The third-order valence-corrected chi connectivity index (χ3v) is 2.58. The van der Waals surface area contributed by atoms with Crippen LogP contribution in [0.15, 0.2) is 36.4 Å². The molecule has 1 heterocycles. The Morgan fingerprint density at radius 3 is 2.23 bits per heavy atom. The highest BCUT2D eigenvalue weighted by Crippen LogP contribution is 2.19. The van der Waals surface area contributed by atoms with Crippen molar-refractivity contribution >= 4 is 23.4 Å². The first kappa shape index (κ1) is 15.6. The van der Waals surface area contributed by atoms with Gasteiger partial charge in [-0.1, -0.05) is 0 Å². The number of aromatic nitrogens is 2.